The molecular weight excluding hydrogens is 402 g/mol. The third kappa shape index (κ3) is 4.00. The normalized spacial score (nSPS) is 19.1. The van der Waals surface area contributed by atoms with Crippen molar-refractivity contribution >= 4 is 17.2 Å². The summed E-state index contributed by atoms with van der Waals surface area (Å²) in [7, 11) is 0. The van der Waals surface area contributed by atoms with E-state index in [-0.39, 0.29) is 17.6 Å². The second kappa shape index (κ2) is 8.68. The zero-order chi connectivity index (χ0) is 21.9. The topological polar surface area (TPSA) is 103 Å². The molecule has 2 aliphatic rings. The summed E-state index contributed by atoms with van der Waals surface area (Å²) in [6.45, 7) is 7.79. The first-order valence-corrected chi connectivity index (χ1v) is 10.5. The van der Waals surface area contributed by atoms with Crippen LogP contribution < -0.4 is 10.2 Å². The lowest BCUT2D eigenvalue weighted by Gasteiger charge is -2.28. The zero-order valence-corrected chi connectivity index (χ0v) is 17.5. The number of aromatic nitrogens is 3. The van der Waals surface area contributed by atoms with E-state index in [2.05, 4.69) is 32.0 Å². The Bertz CT molecular complexity index is 1190. The molecule has 8 heteroatoms. The van der Waals surface area contributed by atoms with Gasteiger partial charge in [0.2, 0.25) is 5.89 Å². The number of piperazine rings is 1. The van der Waals surface area contributed by atoms with Crippen molar-refractivity contribution in [3.63, 3.8) is 0 Å². The number of aliphatic imine (C=N–C) groups is 1. The van der Waals surface area contributed by atoms with Crippen molar-refractivity contribution in [3.8, 4) is 11.5 Å². The fraction of sp³-hybridized carbons (Fsp3) is 0.208. The van der Waals surface area contributed by atoms with Crippen LogP contribution in [0, 0.1) is 5.41 Å². The Labute approximate surface area is 185 Å². The van der Waals surface area contributed by atoms with E-state index in [1.807, 2.05) is 60.8 Å². The number of allylic oxidation sites excluding steroid dienone is 2. The predicted molar refractivity (Wildman–Crippen MR) is 124 cm³/mol. The van der Waals surface area contributed by atoms with E-state index in [0.717, 1.165) is 43.1 Å². The summed E-state index contributed by atoms with van der Waals surface area (Å²) in [6.07, 6.45) is 5.57. The van der Waals surface area contributed by atoms with Crippen molar-refractivity contribution in [2.24, 2.45) is 4.99 Å². The highest BCUT2D eigenvalue weighted by atomic mass is 16.4. The molecule has 8 nitrogen and oxygen atoms in total. The van der Waals surface area contributed by atoms with E-state index in [1.165, 1.54) is 0 Å². The van der Waals surface area contributed by atoms with E-state index >= 15 is 0 Å². The Morgan fingerprint density at radius 1 is 1.03 bits per heavy atom. The van der Waals surface area contributed by atoms with Gasteiger partial charge in [-0.2, -0.15) is 0 Å². The van der Waals surface area contributed by atoms with Crippen LogP contribution in [0.2, 0.25) is 0 Å². The van der Waals surface area contributed by atoms with Crippen LogP contribution in [0.5, 0.6) is 0 Å². The molecule has 160 valence electrons. The third-order valence-electron chi connectivity index (χ3n) is 5.51. The van der Waals surface area contributed by atoms with Gasteiger partial charge < -0.3 is 14.6 Å². The Hall–Kier alpha value is -3.91. The lowest BCUT2D eigenvalue weighted by molar-refractivity contribution is 0.558. The SMILES string of the molecule is C=C1C=CC(c2ccc(N3CCNCC3)nc2)N=C(c2nnc(-c3ccccc3)o2)C1=N. The fourth-order valence-electron chi connectivity index (χ4n) is 3.71. The fourth-order valence-corrected chi connectivity index (χ4v) is 3.71. The molecule has 1 fully saturated rings. The molecule has 32 heavy (non-hydrogen) atoms. The molecule has 1 aromatic carbocycles. The Morgan fingerprint density at radius 2 is 1.81 bits per heavy atom. The molecule has 2 aliphatic heterocycles. The van der Waals surface area contributed by atoms with E-state index in [1.54, 1.807) is 0 Å². The first-order chi connectivity index (χ1) is 15.7. The molecule has 1 unspecified atom stereocenters. The highest BCUT2D eigenvalue weighted by molar-refractivity contribution is 6.52. The summed E-state index contributed by atoms with van der Waals surface area (Å²) in [4.78, 5) is 11.7. The molecule has 2 aromatic heterocycles. The van der Waals surface area contributed by atoms with Crippen molar-refractivity contribution in [2.45, 2.75) is 6.04 Å². The van der Waals surface area contributed by atoms with Crippen molar-refractivity contribution in [3.05, 3.63) is 84.4 Å². The molecule has 0 aliphatic carbocycles. The molecule has 4 heterocycles. The van der Waals surface area contributed by atoms with Crippen molar-refractivity contribution in [2.75, 3.05) is 31.1 Å². The van der Waals surface area contributed by atoms with Crippen molar-refractivity contribution < 1.29 is 4.42 Å². The lowest BCUT2D eigenvalue weighted by Crippen LogP contribution is -2.43. The molecule has 5 rings (SSSR count). The number of hydrogen-bond acceptors (Lipinski definition) is 8. The first kappa shape index (κ1) is 20.0. The number of benzene rings is 1. The quantitative estimate of drug-likeness (QED) is 0.665. The van der Waals surface area contributed by atoms with Gasteiger partial charge in [-0.05, 0) is 29.3 Å². The minimum absolute atomic E-state index is 0.164. The van der Waals surface area contributed by atoms with E-state index in [9.17, 15) is 0 Å². The molecule has 0 saturated carbocycles. The van der Waals surface area contributed by atoms with E-state index < -0.39 is 0 Å². The van der Waals surface area contributed by atoms with E-state index in [0.29, 0.717) is 17.2 Å². The minimum atomic E-state index is -0.332. The van der Waals surface area contributed by atoms with Crippen molar-refractivity contribution in [1.29, 1.82) is 5.41 Å². The molecule has 0 radical (unpaired) electrons. The van der Waals surface area contributed by atoms with Gasteiger partial charge in [-0.15, -0.1) is 10.2 Å². The van der Waals surface area contributed by atoms with Crippen LogP contribution in [0.1, 0.15) is 17.5 Å². The minimum Gasteiger partial charge on any atom is -0.415 e. The highest BCUT2D eigenvalue weighted by Gasteiger charge is 2.24. The van der Waals surface area contributed by atoms with Crippen LogP contribution in [0.15, 0.2) is 82.4 Å². The number of pyridine rings is 1. The summed E-state index contributed by atoms with van der Waals surface area (Å²) in [6, 6.07) is 13.2. The number of anilines is 1. The molecule has 0 amide bonds. The van der Waals surface area contributed by atoms with Crippen LogP contribution in [-0.2, 0) is 0 Å². The summed E-state index contributed by atoms with van der Waals surface area (Å²) < 4.78 is 5.88. The maximum Gasteiger partial charge on any atom is 0.268 e. The largest absolute Gasteiger partial charge is 0.415 e. The summed E-state index contributed by atoms with van der Waals surface area (Å²) >= 11 is 0. The molecule has 1 atom stereocenters. The molecule has 0 bridgehead atoms. The maximum absolute atomic E-state index is 8.53. The van der Waals surface area contributed by atoms with Gasteiger partial charge in [0.05, 0.1) is 11.8 Å². The number of nitrogens with zero attached hydrogens (tertiary/aromatic N) is 5. The number of nitrogens with one attached hydrogen (secondary N) is 2. The molecule has 0 spiro atoms. The first-order valence-electron chi connectivity index (χ1n) is 10.5. The van der Waals surface area contributed by atoms with Gasteiger partial charge in [-0.3, -0.25) is 10.4 Å². The van der Waals surface area contributed by atoms with Gasteiger partial charge in [-0.25, -0.2) is 4.98 Å². The third-order valence-corrected chi connectivity index (χ3v) is 5.51. The maximum atomic E-state index is 8.53. The average molecular weight is 425 g/mol. The standard InChI is InChI=1S/C24H23N7O/c1-16-7-9-19(18-8-10-20(27-15-18)31-13-11-26-12-14-31)28-22(21(16)25)24-30-29-23(32-24)17-5-3-2-4-6-17/h2-10,15,19,25-26H,1,11-14H2. The molecular formula is C24H23N7O. The number of rotatable bonds is 4. The van der Waals surface area contributed by atoms with Gasteiger partial charge in [0.1, 0.15) is 11.5 Å². The van der Waals surface area contributed by atoms with Gasteiger partial charge in [0, 0.05) is 37.9 Å². The van der Waals surface area contributed by atoms with E-state index in [4.69, 9.17) is 14.8 Å². The summed E-state index contributed by atoms with van der Waals surface area (Å²) in [5, 5.41) is 20.2. The van der Waals surface area contributed by atoms with Gasteiger partial charge >= 0.3 is 0 Å². The monoisotopic (exact) mass is 425 g/mol. The smallest absolute Gasteiger partial charge is 0.268 e. The lowest BCUT2D eigenvalue weighted by atomic mass is 10.1. The Balaban J connectivity index is 1.45. The summed E-state index contributed by atoms with van der Waals surface area (Å²) in [5.41, 5.74) is 2.76. The number of hydrogen-bond donors (Lipinski definition) is 2. The van der Waals surface area contributed by atoms with Gasteiger partial charge in [-0.1, -0.05) is 43.0 Å². The van der Waals surface area contributed by atoms with Crippen molar-refractivity contribution in [1.82, 2.24) is 20.5 Å². The Kier molecular flexibility index (Phi) is 5.43. The zero-order valence-electron chi connectivity index (χ0n) is 17.5. The van der Waals surface area contributed by atoms with Crippen LogP contribution in [0.25, 0.3) is 11.5 Å². The molecule has 2 N–H and O–H groups in total. The Morgan fingerprint density at radius 3 is 2.56 bits per heavy atom. The highest BCUT2D eigenvalue weighted by Crippen LogP contribution is 2.26. The second-order valence-corrected chi connectivity index (χ2v) is 7.65. The second-order valence-electron chi connectivity index (χ2n) is 7.65. The van der Waals surface area contributed by atoms with Gasteiger partial charge in [0.15, 0.2) is 0 Å². The van der Waals surface area contributed by atoms with Crippen LogP contribution in [0.4, 0.5) is 5.82 Å². The molecule has 1 saturated heterocycles. The van der Waals surface area contributed by atoms with Gasteiger partial charge in [0.25, 0.3) is 5.89 Å². The predicted octanol–water partition coefficient (Wildman–Crippen LogP) is 3.22. The van der Waals surface area contributed by atoms with Crippen LogP contribution >= 0.6 is 0 Å². The van der Waals surface area contributed by atoms with Crippen LogP contribution in [-0.4, -0.2) is 52.8 Å². The average Bonchev–Trinajstić information content (AvgIpc) is 3.29. The van der Waals surface area contributed by atoms with Crippen LogP contribution in [0.3, 0.4) is 0 Å². The summed E-state index contributed by atoms with van der Waals surface area (Å²) in [5.74, 6) is 1.55. The molecule has 3 aromatic rings.